The van der Waals surface area contributed by atoms with Crippen LogP contribution in [0.4, 0.5) is 0 Å². The van der Waals surface area contributed by atoms with Gasteiger partial charge in [-0.15, -0.1) is 0 Å². The van der Waals surface area contributed by atoms with E-state index in [-0.39, 0.29) is 19.1 Å². The summed E-state index contributed by atoms with van der Waals surface area (Å²) in [5, 5.41) is 13.9. The van der Waals surface area contributed by atoms with E-state index in [2.05, 4.69) is 31.3 Å². The molecule has 2 N–H and O–H groups in total. The van der Waals surface area contributed by atoms with Gasteiger partial charge in [0.2, 0.25) is 5.91 Å². The molecule has 3 unspecified atom stereocenters. The second kappa shape index (κ2) is 58.6. The number of hydrogen-bond donors (Lipinski definition) is 2. The van der Waals surface area contributed by atoms with Crippen molar-refractivity contribution in [2.75, 3.05) is 40.9 Å². The number of carbonyl (C=O) groups is 1. The highest BCUT2D eigenvalue weighted by Crippen LogP contribution is 2.38. The standard InChI is InChI=1S/C67H133N2O6P/c1-6-8-10-12-14-16-18-20-22-24-25-26-27-28-29-30-31-32-33-34-35-36-37-38-39-40-41-42-43-45-47-49-51-53-55-57-59-61-67(71)68-65(64-75-76(72,73)74-63-62-69(3,4)5)66(70)60-58-56-54-52-50-48-46-44-23-21-19-17-15-13-11-9-7-2/h32-33,58,60,65-66,70H,6-31,34-57,59,61-64H2,1-5H3,(H-,68,71,72,73)/b33-32-,60-58+. The molecule has 76 heavy (non-hydrogen) atoms. The molecule has 3 atom stereocenters. The lowest BCUT2D eigenvalue weighted by atomic mass is 10.0. The summed E-state index contributed by atoms with van der Waals surface area (Å²) in [6.07, 6.45) is 75.9. The molecule has 1 amide bonds. The van der Waals surface area contributed by atoms with Gasteiger partial charge in [-0.1, -0.05) is 321 Å². The highest BCUT2D eigenvalue weighted by atomic mass is 31.2. The first-order chi connectivity index (χ1) is 37.0. The fraction of sp³-hybridized carbons (Fsp3) is 0.925. The van der Waals surface area contributed by atoms with E-state index in [9.17, 15) is 19.4 Å². The number of aliphatic hydroxyl groups is 1. The van der Waals surface area contributed by atoms with Gasteiger partial charge in [0.25, 0.3) is 7.82 Å². The summed E-state index contributed by atoms with van der Waals surface area (Å²) in [4.78, 5) is 25.6. The maximum absolute atomic E-state index is 13.0. The Kier molecular flexibility index (Phi) is 57.8. The monoisotopic (exact) mass is 1090 g/mol. The molecule has 0 rings (SSSR count). The average Bonchev–Trinajstić information content (AvgIpc) is 3.38. The van der Waals surface area contributed by atoms with Crippen molar-refractivity contribution in [1.29, 1.82) is 0 Å². The maximum atomic E-state index is 13.0. The van der Waals surface area contributed by atoms with E-state index in [1.165, 1.54) is 289 Å². The van der Waals surface area contributed by atoms with E-state index in [1.54, 1.807) is 6.08 Å². The van der Waals surface area contributed by atoms with Crippen LogP contribution in [0, 0.1) is 0 Å². The molecule has 0 saturated heterocycles. The number of phosphoric ester groups is 1. The lowest BCUT2D eigenvalue weighted by Gasteiger charge is -2.29. The van der Waals surface area contributed by atoms with Crippen LogP contribution in [0.25, 0.3) is 0 Å². The predicted octanol–water partition coefficient (Wildman–Crippen LogP) is 20.5. The number of quaternary nitrogens is 1. The maximum Gasteiger partial charge on any atom is 0.268 e. The van der Waals surface area contributed by atoms with Crippen LogP contribution in [-0.2, 0) is 18.4 Å². The van der Waals surface area contributed by atoms with Gasteiger partial charge in [0.05, 0.1) is 39.9 Å². The molecular weight excluding hydrogens is 960 g/mol. The molecule has 8 nitrogen and oxygen atoms in total. The average molecular weight is 1090 g/mol. The van der Waals surface area contributed by atoms with Gasteiger partial charge >= 0.3 is 0 Å². The normalized spacial score (nSPS) is 13.8. The summed E-state index contributed by atoms with van der Waals surface area (Å²) >= 11 is 0. The van der Waals surface area contributed by atoms with Crippen LogP contribution in [0.2, 0.25) is 0 Å². The first-order valence-corrected chi connectivity index (χ1v) is 35.2. The number of aliphatic hydroxyl groups excluding tert-OH is 1. The third-order valence-corrected chi connectivity index (χ3v) is 16.6. The topological polar surface area (TPSA) is 108 Å². The number of nitrogens with one attached hydrogen (secondary N) is 1. The van der Waals surface area contributed by atoms with Gasteiger partial charge in [-0.3, -0.25) is 9.36 Å². The largest absolute Gasteiger partial charge is 0.756 e. The number of nitrogens with zero attached hydrogens (tertiary/aromatic N) is 1. The van der Waals surface area contributed by atoms with Gasteiger partial charge < -0.3 is 28.8 Å². The quantitative estimate of drug-likeness (QED) is 0.0272. The number of amides is 1. The third kappa shape index (κ3) is 60.6. The molecule has 0 radical (unpaired) electrons. The summed E-state index contributed by atoms with van der Waals surface area (Å²) in [6.45, 7) is 4.70. The zero-order valence-corrected chi connectivity index (χ0v) is 52.6. The molecule has 0 fully saturated rings. The Bertz CT molecular complexity index is 1290. The molecule has 9 heteroatoms. The van der Waals surface area contributed by atoms with E-state index < -0.39 is 20.0 Å². The summed E-state index contributed by atoms with van der Waals surface area (Å²) in [5.41, 5.74) is 0. The molecule has 0 aromatic heterocycles. The molecule has 452 valence electrons. The molecule has 0 aromatic carbocycles. The summed E-state index contributed by atoms with van der Waals surface area (Å²) in [5.74, 6) is -0.191. The van der Waals surface area contributed by atoms with Crippen LogP contribution in [0.3, 0.4) is 0 Å². The molecule has 0 aliphatic heterocycles. The van der Waals surface area contributed by atoms with Gasteiger partial charge in [0.15, 0.2) is 0 Å². The number of carbonyl (C=O) groups excluding carboxylic acids is 1. The Balaban J connectivity index is 3.94. The van der Waals surface area contributed by atoms with Crippen LogP contribution < -0.4 is 10.2 Å². The fourth-order valence-corrected chi connectivity index (χ4v) is 11.1. The number of unbranched alkanes of at least 4 members (excludes halogenated alkanes) is 48. The fourth-order valence-electron chi connectivity index (χ4n) is 10.4. The van der Waals surface area contributed by atoms with Crippen molar-refractivity contribution in [3.8, 4) is 0 Å². The van der Waals surface area contributed by atoms with E-state index in [4.69, 9.17) is 9.05 Å². The minimum absolute atomic E-state index is 0.00153. The van der Waals surface area contributed by atoms with Crippen molar-refractivity contribution < 1.29 is 32.9 Å². The Morgan fingerprint density at radius 3 is 1.03 bits per heavy atom. The SMILES string of the molecule is CCCCCCCCCCCCCCCCC/C=C/C(O)C(COP(=O)([O-])OCC[N+](C)(C)C)NC(=O)CCCCCCCCCCCCCCCCCCC/C=C\CCCCCCCCCCCCCCCCCC. The van der Waals surface area contributed by atoms with Gasteiger partial charge in [0.1, 0.15) is 13.2 Å². The summed E-state index contributed by atoms with van der Waals surface area (Å²) < 4.78 is 23.4. The number of likely N-dealkylation sites (N-methyl/N-ethyl adjacent to an activating group) is 1. The van der Waals surface area contributed by atoms with E-state index >= 15 is 0 Å². The van der Waals surface area contributed by atoms with Crippen molar-refractivity contribution in [1.82, 2.24) is 5.32 Å². The predicted molar refractivity (Wildman–Crippen MR) is 330 cm³/mol. The lowest BCUT2D eigenvalue weighted by molar-refractivity contribution is -0.870. The van der Waals surface area contributed by atoms with Crippen molar-refractivity contribution >= 4 is 13.7 Å². The molecule has 0 aliphatic carbocycles. The second-order valence-corrected chi connectivity index (χ2v) is 25.9. The molecular formula is C67H133N2O6P. The lowest BCUT2D eigenvalue weighted by Crippen LogP contribution is -2.45. The van der Waals surface area contributed by atoms with Crippen LogP contribution in [0.15, 0.2) is 24.3 Å². The third-order valence-electron chi connectivity index (χ3n) is 15.7. The summed E-state index contributed by atoms with van der Waals surface area (Å²) in [6, 6.07) is -0.884. The number of rotatable bonds is 63. The van der Waals surface area contributed by atoms with Crippen molar-refractivity contribution in [3.05, 3.63) is 24.3 Å². The minimum Gasteiger partial charge on any atom is -0.756 e. The molecule has 0 spiro atoms. The van der Waals surface area contributed by atoms with E-state index in [0.29, 0.717) is 17.4 Å². The second-order valence-electron chi connectivity index (χ2n) is 24.5. The van der Waals surface area contributed by atoms with Crippen molar-refractivity contribution in [3.63, 3.8) is 0 Å². The Morgan fingerprint density at radius 2 is 0.724 bits per heavy atom. The Hall–Kier alpha value is -1.02. The summed E-state index contributed by atoms with van der Waals surface area (Å²) in [7, 11) is 1.28. The smallest absolute Gasteiger partial charge is 0.268 e. The Labute approximate surface area is 474 Å². The molecule has 0 aliphatic rings. The zero-order valence-electron chi connectivity index (χ0n) is 51.7. The van der Waals surface area contributed by atoms with Crippen LogP contribution in [-0.4, -0.2) is 68.5 Å². The first-order valence-electron chi connectivity index (χ1n) is 33.7. The number of allylic oxidation sites excluding steroid dienone is 3. The minimum atomic E-state index is -4.60. The van der Waals surface area contributed by atoms with Crippen molar-refractivity contribution in [2.45, 2.75) is 360 Å². The van der Waals surface area contributed by atoms with Gasteiger partial charge in [0, 0.05) is 6.42 Å². The van der Waals surface area contributed by atoms with Crippen molar-refractivity contribution in [2.24, 2.45) is 0 Å². The molecule has 0 saturated carbocycles. The molecule has 0 heterocycles. The van der Waals surface area contributed by atoms with Gasteiger partial charge in [-0.2, -0.15) is 0 Å². The highest BCUT2D eigenvalue weighted by Gasteiger charge is 2.23. The number of hydrogen-bond acceptors (Lipinski definition) is 6. The first kappa shape index (κ1) is 75.0. The zero-order chi connectivity index (χ0) is 55.6. The number of phosphoric acid groups is 1. The van der Waals surface area contributed by atoms with Gasteiger partial charge in [-0.25, -0.2) is 0 Å². The highest BCUT2D eigenvalue weighted by molar-refractivity contribution is 7.45. The molecule has 0 aromatic rings. The Morgan fingerprint density at radius 1 is 0.447 bits per heavy atom. The van der Waals surface area contributed by atoms with Crippen LogP contribution in [0.1, 0.15) is 348 Å². The van der Waals surface area contributed by atoms with Crippen LogP contribution >= 0.6 is 7.82 Å². The molecule has 0 bridgehead atoms. The van der Waals surface area contributed by atoms with E-state index in [1.807, 2.05) is 27.2 Å². The van der Waals surface area contributed by atoms with Crippen LogP contribution in [0.5, 0.6) is 0 Å². The van der Waals surface area contributed by atoms with Gasteiger partial charge in [-0.05, 0) is 44.9 Å². The van der Waals surface area contributed by atoms with E-state index in [0.717, 1.165) is 38.5 Å².